The Labute approximate surface area is 116 Å². The van der Waals surface area contributed by atoms with E-state index >= 15 is 0 Å². The average Bonchev–Trinajstić information content (AvgIpc) is 2.97. The molecular weight excluding hydrogens is 254 g/mol. The molecule has 1 aromatic heterocycles. The monoisotopic (exact) mass is 267 g/mol. The van der Waals surface area contributed by atoms with Gasteiger partial charge < -0.3 is 5.32 Å². The first-order valence-electron chi connectivity index (χ1n) is 6.04. The molecule has 0 atom stereocenters. The summed E-state index contributed by atoms with van der Waals surface area (Å²) < 4.78 is 8.54. The number of anilines is 1. The largest absolute Gasteiger partial charge is 0.370 e. The lowest BCUT2D eigenvalue weighted by Gasteiger charge is -2.04. The van der Waals surface area contributed by atoms with Gasteiger partial charge in [0.05, 0.1) is 11.7 Å². The molecule has 0 aliphatic rings. The Morgan fingerprint density at radius 3 is 2.11 bits per heavy atom. The van der Waals surface area contributed by atoms with Crippen LogP contribution in [0.15, 0.2) is 54.6 Å². The lowest BCUT2D eigenvalue weighted by molar-refractivity contribution is 1.40. The minimum atomic E-state index is 0.831. The number of hydrogen-bond donors (Lipinski definition) is 1. The molecule has 3 rings (SSSR count). The second-order valence-corrected chi connectivity index (χ2v) is 4.68. The maximum absolute atomic E-state index is 4.33. The zero-order chi connectivity index (χ0) is 13.1. The van der Waals surface area contributed by atoms with Crippen LogP contribution in [0.4, 0.5) is 5.82 Å². The van der Waals surface area contributed by atoms with Gasteiger partial charge in [0.15, 0.2) is 5.82 Å². The molecule has 94 valence electrons. The molecule has 19 heavy (non-hydrogen) atoms. The highest BCUT2D eigenvalue weighted by Gasteiger charge is 2.08. The number of aromatic nitrogens is 2. The quantitative estimate of drug-likeness (QED) is 0.781. The molecule has 0 spiro atoms. The van der Waals surface area contributed by atoms with Gasteiger partial charge in [0, 0.05) is 12.6 Å². The van der Waals surface area contributed by atoms with Crippen LogP contribution in [-0.2, 0) is 0 Å². The zero-order valence-electron chi connectivity index (χ0n) is 10.5. The van der Waals surface area contributed by atoms with Crippen LogP contribution >= 0.6 is 11.7 Å². The summed E-state index contributed by atoms with van der Waals surface area (Å²) in [7, 11) is 1.86. The summed E-state index contributed by atoms with van der Waals surface area (Å²) in [6.45, 7) is 0. The van der Waals surface area contributed by atoms with Gasteiger partial charge in [-0.2, -0.15) is 8.75 Å². The molecule has 2 aromatic carbocycles. The van der Waals surface area contributed by atoms with Crippen molar-refractivity contribution in [1.29, 1.82) is 0 Å². The van der Waals surface area contributed by atoms with Gasteiger partial charge in [0.1, 0.15) is 5.69 Å². The third-order valence-corrected chi connectivity index (χ3v) is 3.52. The minimum absolute atomic E-state index is 0.831. The van der Waals surface area contributed by atoms with E-state index in [9.17, 15) is 0 Å². The molecular formula is C15H13N3S. The Kier molecular flexibility index (Phi) is 3.25. The number of nitrogens with zero attached hydrogens (tertiary/aromatic N) is 2. The third kappa shape index (κ3) is 2.35. The van der Waals surface area contributed by atoms with Crippen molar-refractivity contribution in [3.05, 3.63) is 54.6 Å². The van der Waals surface area contributed by atoms with E-state index in [1.54, 1.807) is 0 Å². The number of rotatable bonds is 3. The van der Waals surface area contributed by atoms with Gasteiger partial charge in [-0.3, -0.25) is 0 Å². The van der Waals surface area contributed by atoms with E-state index in [1.165, 1.54) is 22.9 Å². The molecule has 0 aliphatic carbocycles. The molecule has 3 nitrogen and oxygen atoms in total. The maximum Gasteiger partial charge on any atom is 0.167 e. The van der Waals surface area contributed by atoms with Crippen molar-refractivity contribution >= 4 is 17.5 Å². The average molecular weight is 267 g/mol. The summed E-state index contributed by atoms with van der Waals surface area (Å²) in [6.07, 6.45) is 0. The predicted octanol–water partition coefficient (Wildman–Crippen LogP) is 3.91. The fraction of sp³-hybridized carbons (Fsp3) is 0.0667. The fourth-order valence-electron chi connectivity index (χ4n) is 1.99. The topological polar surface area (TPSA) is 37.8 Å². The maximum atomic E-state index is 4.33. The normalized spacial score (nSPS) is 10.4. The first-order chi connectivity index (χ1) is 9.38. The standard InChI is InChI=1S/C15H13N3S/c1-16-15-14(17-19-18-15)13-9-7-12(8-10-13)11-5-3-2-4-6-11/h2-10H,1H3,(H,16,18). The highest BCUT2D eigenvalue weighted by atomic mass is 32.1. The minimum Gasteiger partial charge on any atom is -0.370 e. The van der Waals surface area contributed by atoms with Crippen molar-refractivity contribution in [3.8, 4) is 22.4 Å². The van der Waals surface area contributed by atoms with Crippen LogP contribution in [0.2, 0.25) is 0 Å². The van der Waals surface area contributed by atoms with Crippen LogP contribution in [0.1, 0.15) is 0 Å². The van der Waals surface area contributed by atoms with Gasteiger partial charge in [-0.15, -0.1) is 0 Å². The van der Waals surface area contributed by atoms with Crippen LogP contribution in [0.5, 0.6) is 0 Å². The number of benzene rings is 2. The summed E-state index contributed by atoms with van der Waals surface area (Å²) in [5.41, 5.74) is 4.42. The van der Waals surface area contributed by atoms with Crippen molar-refractivity contribution in [1.82, 2.24) is 8.75 Å². The molecule has 1 N–H and O–H groups in total. The smallest absolute Gasteiger partial charge is 0.167 e. The Morgan fingerprint density at radius 2 is 1.42 bits per heavy atom. The van der Waals surface area contributed by atoms with Crippen molar-refractivity contribution in [2.75, 3.05) is 12.4 Å². The van der Waals surface area contributed by atoms with E-state index in [0.29, 0.717) is 0 Å². The zero-order valence-corrected chi connectivity index (χ0v) is 11.3. The molecule has 0 fully saturated rings. The van der Waals surface area contributed by atoms with Gasteiger partial charge in [0.2, 0.25) is 0 Å². The van der Waals surface area contributed by atoms with E-state index in [2.05, 4.69) is 50.5 Å². The summed E-state index contributed by atoms with van der Waals surface area (Å²) in [5, 5.41) is 3.06. The van der Waals surface area contributed by atoms with Gasteiger partial charge >= 0.3 is 0 Å². The van der Waals surface area contributed by atoms with Crippen LogP contribution in [0.25, 0.3) is 22.4 Å². The van der Waals surface area contributed by atoms with Gasteiger partial charge in [-0.05, 0) is 11.1 Å². The van der Waals surface area contributed by atoms with E-state index in [-0.39, 0.29) is 0 Å². The molecule has 0 amide bonds. The Balaban J connectivity index is 1.96. The van der Waals surface area contributed by atoms with Gasteiger partial charge in [-0.1, -0.05) is 54.6 Å². The first-order valence-corrected chi connectivity index (χ1v) is 6.77. The SMILES string of the molecule is CNc1nsnc1-c1ccc(-c2ccccc2)cc1. The van der Waals surface area contributed by atoms with Crippen molar-refractivity contribution in [3.63, 3.8) is 0 Å². The van der Waals surface area contributed by atoms with Crippen LogP contribution in [0.3, 0.4) is 0 Å². The van der Waals surface area contributed by atoms with E-state index < -0.39 is 0 Å². The molecule has 0 saturated heterocycles. The molecule has 3 aromatic rings. The molecule has 1 heterocycles. The summed E-state index contributed by atoms with van der Waals surface area (Å²) >= 11 is 1.22. The Morgan fingerprint density at radius 1 is 0.789 bits per heavy atom. The third-order valence-electron chi connectivity index (χ3n) is 2.99. The second kappa shape index (κ2) is 5.20. The molecule has 0 radical (unpaired) electrons. The molecule has 0 saturated carbocycles. The highest BCUT2D eigenvalue weighted by Crippen LogP contribution is 2.28. The van der Waals surface area contributed by atoms with E-state index in [0.717, 1.165) is 17.1 Å². The molecule has 0 aliphatic heterocycles. The predicted molar refractivity (Wildman–Crippen MR) is 80.3 cm³/mol. The van der Waals surface area contributed by atoms with Crippen molar-refractivity contribution < 1.29 is 0 Å². The Bertz CT molecular complexity index is 659. The van der Waals surface area contributed by atoms with Gasteiger partial charge in [0.25, 0.3) is 0 Å². The molecule has 0 unspecified atom stereocenters. The van der Waals surface area contributed by atoms with Crippen molar-refractivity contribution in [2.45, 2.75) is 0 Å². The van der Waals surface area contributed by atoms with Gasteiger partial charge in [-0.25, -0.2) is 0 Å². The summed E-state index contributed by atoms with van der Waals surface area (Å²) in [6, 6.07) is 18.7. The summed E-state index contributed by atoms with van der Waals surface area (Å²) in [4.78, 5) is 0. The van der Waals surface area contributed by atoms with Crippen LogP contribution in [0, 0.1) is 0 Å². The first kappa shape index (κ1) is 11.9. The second-order valence-electron chi connectivity index (χ2n) is 4.15. The van der Waals surface area contributed by atoms with E-state index in [1.807, 2.05) is 25.2 Å². The summed E-state index contributed by atoms with van der Waals surface area (Å²) in [5.74, 6) is 0.831. The van der Waals surface area contributed by atoms with E-state index in [4.69, 9.17) is 0 Å². The molecule has 4 heteroatoms. The lowest BCUT2D eigenvalue weighted by Crippen LogP contribution is -1.90. The van der Waals surface area contributed by atoms with Crippen LogP contribution in [-0.4, -0.2) is 15.8 Å². The number of hydrogen-bond acceptors (Lipinski definition) is 4. The molecule has 0 bridgehead atoms. The Hall–Kier alpha value is -2.20. The fourth-order valence-corrected chi connectivity index (χ4v) is 2.57. The van der Waals surface area contributed by atoms with Crippen LogP contribution < -0.4 is 5.32 Å². The lowest BCUT2D eigenvalue weighted by atomic mass is 10.0. The number of nitrogens with one attached hydrogen (secondary N) is 1. The highest BCUT2D eigenvalue weighted by molar-refractivity contribution is 6.99. The van der Waals surface area contributed by atoms with Crippen molar-refractivity contribution in [2.24, 2.45) is 0 Å².